The van der Waals surface area contributed by atoms with Crippen LogP contribution in [0.2, 0.25) is 0 Å². The number of benzene rings is 3. The van der Waals surface area contributed by atoms with Crippen LogP contribution in [0.15, 0.2) is 91.1 Å². The van der Waals surface area contributed by atoms with E-state index in [2.05, 4.69) is 10.3 Å². The lowest BCUT2D eigenvalue weighted by molar-refractivity contribution is -0.139. The fourth-order valence-electron chi connectivity index (χ4n) is 6.09. The number of hydrogen-bond acceptors (Lipinski definition) is 7. The highest BCUT2D eigenvalue weighted by atomic mass is 16.5. The van der Waals surface area contributed by atoms with Crippen LogP contribution < -0.4 is 14.5 Å². The van der Waals surface area contributed by atoms with Gasteiger partial charge in [-0.1, -0.05) is 66.8 Å². The average molecular weight is 608 g/mol. The molecule has 3 aromatic carbocycles. The van der Waals surface area contributed by atoms with E-state index in [4.69, 9.17) is 4.74 Å². The van der Waals surface area contributed by atoms with Gasteiger partial charge < -0.3 is 24.7 Å². The van der Waals surface area contributed by atoms with E-state index in [1.54, 1.807) is 39.8 Å². The first-order valence-corrected chi connectivity index (χ1v) is 15.2. The molecule has 6 rings (SSSR count). The van der Waals surface area contributed by atoms with Crippen molar-refractivity contribution in [3.63, 3.8) is 0 Å². The minimum atomic E-state index is -1.80. The van der Waals surface area contributed by atoms with Crippen molar-refractivity contribution >= 4 is 23.2 Å². The smallest absolute Gasteiger partial charge is 0.264 e. The number of methoxy groups -OCH3 is 1. The van der Waals surface area contributed by atoms with E-state index in [1.807, 2.05) is 79.9 Å². The fraction of sp³-hybridized carbons (Fsp3) is 0.314. The summed E-state index contributed by atoms with van der Waals surface area (Å²) in [6.45, 7) is 3.24. The van der Waals surface area contributed by atoms with Gasteiger partial charge in [0.2, 0.25) is 5.91 Å². The second kappa shape index (κ2) is 12.7. The van der Waals surface area contributed by atoms with Crippen LogP contribution in [-0.4, -0.2) is 57.3 Å². The van der Waals surface area contributed by atoms with Gasteiger partial charge in [-0.25, -0.2) is 0 Å². The van der Waals surface area contributed by atoms with Crippen molar-refractivity contribution in [3.8, 4) is 5.75 Å². The third-order valence-corrected chi connectivity index (χ3v) is 8.80. The molecule has 1 fully saturated rings. The van der Waals surface area contributed by atoms with Crippen LogP contribution in [0.3, 0.4) is 0 Å². The molecule has 10 nitrogen and oxygen atoms in total. The lowest BCUT2D eigenvalue weighted by atomic mass is 9.83. The first-order valence-electron chi connectivity index (χ1n) is 15.2. The number of amides is 2. The van der Waals surface area contributed by atoms with Gasteiger partial charge >= 0.3 is 0 Å². The van der Waals surface area contributed by atoms with E-state index in [1.165, 1.54) is 0 Å². The van der Waals surface area contributed by atoms with Gasteiger partial charge in [0.05, 0.1) is 37.6 Å². The highest BCUT2D eigenvalue weighted by molar-refractivity contribution is 6.07. The molecule has 2 N–H and O–H groups in total. The number of nitrogens with zero attached hydrogens (tertiary/aromatic N) is 5. The van der Waals surface area contributed by atoms with Crippen LogP contribution >= 0.6 is 0 Å². The number of anilines is 2. The molecule has 45 heavy (non-hydrogen) atoms. The number of rotatable bonds is 12. The zero-order chi connectivity index (χ0) is 31.6. The summed E-state index contributed by atoms with van der Waals surface area (Å²) >= 11 is 0. The third kappa shape index (κ3) is 5.74. The lowest BCUT2D eigenvalue weighted by Gasteiger charge is -2.31. The van der Waals surface area contributed by atoms with E-state index < -0.39 is 17.4 Å². The van der Waals surface area contributed by atoms with Crippen molar-refractivity contribution in [2.24, 2.45) is 5.92 Å². The van der Waals surface area contributed by atoms with Gasteiger partial charge in [0.1, 0.15) is 5.75 Å². The minimum Gasteiger partial charge on any atom is -0.497 e. The zero-order valence-electron chi connectivity index (χ0n) is 25.4. The summed E-state index contributed by atoms with van der Waals surface area (Å²) in [7, 11) is 1.55. The topological polar surface area (TPSA) is 121 Å². The maximum Gasteiger partial charge on any atom is 0.264 e. The number of aliphatic hydroxyl groups excluding tert-OH is 1. The SMILES string of the molecule is COc1ccc2c(c1)[C@@](O)([C@H](C)/C=C/CCn1cc(C(CO)c3ccccc3)nn1)C(=O)N2Cc1cccc(N2CCC2=O)c1. The summed E-state index contributed by atoms with van der Waals surface area (Å²) in [6.07, 6.45) is 6.78. The molecule has 4 aromatic rings. The molecule has 3 heterocycles. The van der Waals surface area contributed by atoms with E-state index in [0.29, 0.717) is 48.6 Å². The van der Waals surface area contributed by atoms with Crippen molar-refractivity contribution in [1.82, 2.24) is 15.0 Å². The number of carbonyl (C=O) groups is 2. The van der Waals surface area contributed by atoms with Crippen molar-refractivity contribution < 1.29 is 24.5 Å². The largest absolute Gasteiger partial charge is 0.497 e. The Bertz CT molecular complexity index is 1720. The summed E-state index contributed by atoms with van der Waals surface area (Å²) in [4.78, 5) is 29.4. The number of aliphatic hydroxyl groups is 2. The van der Waals surface area contributed by atoms with Crippen molar-refractivity contribution in [2.45, 2.75) is 44.4 Å². The van der Waals surface area contributed by atoms with Crippen LogP contribution in [0.1, 0.15) is 48.1 Å². The molecule has 0 aliphatic carbocycles. The van der Waals surface area contributed by atoms with E-state index in [9.17, 15) is 19.8 Å². The highest BCUT2D eigenvalue weighted by Crippen LogP contribution is 2.47. The second-order valence-corrected chi connectivity index (χ2v) is 11.6. The molecule has 10 heteroatoms. The van der Waals surface area contributed by atoms with Crippen LogP contribution in [0, 0.1) is 5.92 Å². The maximum atomic E-state index is 14.0. The van der Waals surface area contributed by atoms with Crippen LogP contribution in [0.25, 0.3) is 0 Å². The molecule has 3 atom stereocenters. The summed E-state index contributed by atoms with van der Waals surface area (Å²) in [5, 5.41) is 30.6. The minimum absolute atomic E-state index is 0.0699. The molecule has 0 radical (unpaired) electrons. The molecule has 0 saturated carbocycles. The van der Waals surface area contributed by atoms with Crippen LogP contribution in [0.5, 0.6) is 5.75 Å². The van der Waals surface area contributed by atoms with Gasteiger partial charge in [-0.3, -0.25) is 14.3 Å². The standard InChI is InChI=1S/C35H37N5O5/c1-24(9-6-7-17-38-22-31(36-37-38)29(23-41)26-11-4-3-5-12-26)35(44)30-20-28(45-2)14-15-32(30)40(34(35)43)21-25-10-8-13-27(19-25)39-18-16-33(39)42/h3-6,8-15,19-20,22,24,29,41,44H,7,16-18,21,23H2,1-2H3/b9-6+/t24-,29?,35+/m1/s1. The molecule has 0 bridgehead atoms. The van der Waals surface area contributed by atoms with Crippen LogP contribution in [-0.2, 0) is 28.3 Å². The van der Waals surface area contributed by atoms with Gasteiger partial charge in [-0.15, -0.1) is 5.10 Å². The Morgan fingerprint density at radius 2 is 1.89 bits per heavy atom. The Balaban J connectivity index is 1.17. The molecule has 2 aliphatic heterocycles. The van der Waals surface area contributed by atoms with Gasteiger partial charge in [0.25, 0.3) is 5.91 Å². The summed E-state index contributed by atoms with van der Waals surface area (Å²) in [6, 6.07) is 22.6. The van der Waals surface area contributed by atoms with Crippen LogP contribution in [0.4, 0.5) is 11.4 Å². The summed E-state index contributed by atoms with van der Waals surface area (Å²) in [5.74, 6) is -0.573. The number of β-lactam (4-membered cyclic amide) rings is 1. The van der Waals surface area contributed by atoms with Gasteiger partial charge in [-0.2, -0.15) is 0 Å². The molecule has 0 spiro atoms. The zero-order valence-corrected chi connectivity index (χ0v) is 25.4. The molecule has 2 aliphatic rings. The number of carbonyl (C=O) groups excluding carboxylic acids is 2. The molecule has 1 unspecified atom stereocenters. The highest BCUT2D eigenvalue weighted by Gasteiger charge is 2.52. The third-order valence-electron chi connectivity index (χ3n) is 8.80. The molecular weight excluding hydrogens is 570 g/mol. The van der Waals surface area contributed by atoms with Gasteiger partial charge in [0, 0.05) is 42.9 Å². The quantitative estimate of drug-likeness (QED) is 0.183. The Hall–Kier alpha value is -4.80. The Labute approximate surface area is 262 Å². The number of aryl methyl sites for hydroxylation is 1. The lowest BCUT2D eigenvalue weighted by Crippen LogP contribution is -2.44. The molecule has 232 valence electrons. The monoisotopic (exact) mass is 607 g/mol. The maximum absolute atomic E-state index is 14.0. The number of aromatic nitrogens is 3. The van der Waals surface area contributed by atoms with Crippen molar-refractivity contribution in [1.29, 1.82) is 0 Å². The summed E-state index contributed by atoms with van der Waals surface area (Å²) in [5.41, 5.74) is 2.66. The summed E-state index contributed by atoms with van der Waals surface area (Å²) < 4.78 is 7.18. The van der Waals surface area contributed by atoms with E-state index >= 15 is 0 Å². The number of fused-ring (bicyclic) bond motifs is 1. The Morgan fingerprint density at radius 3 is 2.60 bits per heavy atom. The Kier molecular flexibility index (Phi) is 8.51. The number of hydrogen-bond donors (Lipinski definition) is 2. The molecule has 2 amide bonds. The molecule has 1 saturated heterocycles. The molecular formula is C35H37N5O5. The number of ether oxygens (including phenoxy) is 1. The van der Waals surface area contributed by atoms with E-state index in [-0.39, 0.29) is 25.0 Å². The Morgan fingerprint density at radius 1 is 1.07 bits per heavy atom. The fourth-order valence-corrected chi connectivity index (χ4v) is 6.09. The number of allylic oxidation sites excluding steroid dienone is 1. The predicted octanol–water partition coefficient (Wildman–Crippen LogP) is 4.16. The van der Waals surface area contributed by atoms with Gasteiger partial charge in [0.15, 0.2) is 5.60 Å². The first kappa shape index (κ1) is 30.2. The van der Waals surface area contributed by atoms with Gasteiger partial charge in [-0.05, 0) is 47.9 Å². The predicted molar refractivity (Wildman–Crippen MR) is 170 cm³/mol. The molecule has 1 aromatic heterocycles. The first-order chi connectivity index (χ1) is 21.8. The van der Waals surface area contributed by atoms with Crippen molar-refractivity contribution in [2.75, 3.05) is 30.1 Å². The van der Waals surface area contributed by atoms with E-state index in [0.717, 1.165) is 16.8 Å². The average Bonchev–Trinajstić information content (AvgIpc) is 3.60. The second-order valence-electron chi connectivity index (χ2n) is 11.6. The normalized spacial score (nSPS) is 19.1. The van der Waals surface area contributed by atoms with Crippen molar-refractivity contribution in [3.05, 3.63) is 114 Å².